The third-order valence-corrected chi connectivity index (χ3v) is 3.90. The van der Waals surface area contributed by atoms with Crippen LogP contribution in [0.2, 0.25) is 0 Å². The molecule has 18 heavy (non-hydrogen) atoms. The first kappa shape index (κ1) is 13.2. The van der Waals surface area contributed by atoms with Crippen molar-refractivity contribution in [1.82, 2.24) is 4.98 Å². The maximum atomic E-state index is 12.2. The zero-order chi connectivity index (χ0) is 13.1. The highest BCUT2D eigenvalue weighted by Crippen LogP contribution is 2.30. The fraction of sp³-hybridized carbons (Fsp3) is 0.462. The van der Waals surface area contributed by atoms with Crippen LogP contribution < -0.4 is 0 Å². The van der Waals surface area contributed by atoms with Gasteiger partial charge in [-0.25, -0.2) is 0 Å². The van der Waals surface area contributed by atoms with Gasteiger partial charge in [-0.05, 0) is 53.7 Å². The Kier molecular flexibility index (Phi) is 4.11. The first-order valence-corrected chi connectivity index (χ1v) is 6.76. The highest BCUT2D eigenvalue weighted by atomic mass is 79.9. The van der Waals surface area contributed by atoms with Crippen LogP contribution in [0.3, 0.4) is 0 Å². The van der Waals surface area contributed by atoms with Gasteiger partial charge in [-0.1, -0.05) is 0 Å². The average molecular weight is 312 g/mol. The Balaban J connectivity index is 1.99. The normalized spacial score (nSPS) is 23.6. The van der Waals surface area contributed by atoms with E-state index in [9.17, 15) is 9.59 Å². The lowest BCUT2D eigenvalue weighted by Crippen LogP contribution is -2.26. The summed E-state index contributed by atoms with van der Waals surface area (Å²) in [6.07, 6.45) is 4.07. The van der Waals surface area contributed by atoms with Gasteiger partial charge in [-0.3, -0.25) is 14.6 Å². The quantitative estimate of drug-likeness (QED) is 0.872. The summed E-state index contributed by atoms with van der Waals surface area (Å²) in [6, 6.07) is 3.50. The van der Waals surface area contributed by atoms with E-state index in [0.717, 1.165) is 4.47 Å². The molecule has 1 aliphatic rings. The van der Waals surface area contributed by atoms with E-state index in [1.807, 2.05) is 0 Å². The van der Waals surface area contributed by atoms with E-state index in [1.54, 1.807) is 18.3 Å². The van der Waals surface area contributed by atoms with Crippen LogP contribution >= 0.6 is 15.9 Å². The van der Waals surface area contributed by atoms with Gasteiger partial charge in [0.25, 0.3) is 0 Å². The Bertz CT molecular complexity index is 450. The molecule has 0 radical (unpaired) electrons. The number of carbonyl (C=O) groups is 2. The monoisotopic (exact) mass is 311 g/mol. The Labute approximate surface area is 114 Å². The van der Waals surface area contributed by atoms with Crippen molar-refractivity contribution in [2.24, 2.45) is 11.8 Å². The zero-order valence-electron chi connectivity index (χ0n) is 9.80. The third-order valence-electron chi connectivity index (χ3n) is 3.43. The van der Waals surface area contributed by atoms with Crippen LogP contribution in [0, 0.1) is 11.8 Å². The van der Waals surface area contributed by atoms with Gasteiger partial charge < -0.3 is 5.11 Å². The molecule has 1 heterocycles. The van der Waals surface area contributed by atoms with Crippen LogP contribution in [0.25, 0.3) is 0 Å². The van der Waals surface area contributed by atoms with Crippen LogP contribution in [0.5, 0.6) is 0 Å². The lowest BCUT2D eigenvalue weighted by molar-refractivity contribution is -0.143. The molecule has 0 amide bonds. The molecular weight excluding hydrogens is 298 g/mol. The summed E-state index contributed by atoms with van der Waals surface area (Å²) in [5.41, 5.74) is 0.469. The number of hydrogen-bond acceptors (Lipinski definition) is 3. The number of aromatic nitrogens is 1. The second kappa shape index (κ2) is 5.61. The predicted molar refractivity (Wildman–Crippen MR) is 69.4 cm³/mol. The number of pyridine rings is 1. The van der Waals surface area contributed by atoms with E-state index in [4.69, 9.17) is 5.11 Å². The van der Waals surface area contributed by atoms with Gasteiger partial charge in [0.15, 0.2) is 5.78 Å². The van der Waals surface area contributed by atoms with E-state index in [1.165, 1.54) is 0 Å². The van der Waals surface area contributed by atoms with Crippen LogP contribution in [0.4, 0.5) is 0 Å². The van der Waals surface area contributed by atoms with Gasteiger partial charge in [0.2, 0.25) is 0 Å². The summed E-state index contributed by atoms with van der Waals surface area (Å²) in [7, 11) is 0. The second-order valence-electron chi connectivity index (χ2n) is 4.61. The van der Waals surface area contributed by atoms with Crippen molar-refractivity contribution >= 4 is 27.7 Å². The van der Waals surface area contributed by atoms with E-state index in [0.29, 0.717) is 31.4 Å². The Morgan fingerprint density at radius 3 is 2.28 bits per heavy atom. The van der Waals surface area contributed by atoms with Crippen molar-refractivity contribution in [2.45, 2.75) is 25.7 Å². The van der Waals surface area contributed by atoms with Crippen LogP contribution in [-0.4, -0.2) is 21.8 Å². The Hall–Kier alpha value is -1.23. The number of carboxylic acid groups (broad SMARTS) is 1. The molecule has 0 atom stereocenters. The summed E-state index contributed by atoms with van der Waals surface area (Å²) in [4.78, 5) is 27.1. The summed E-state index contributed by atoms with van der Waals surface area (Å²) in [5.74, 6) is -1.07. The molecule has 1 aliphatic carbocycles. The van der Waals surface area contributed by atoms with Crippen molar-refractivity contribution in [2.75, 3.05) is 0 Å². The first-order chi connectivity index (χ1) is 8.58. The molecule has 1 aromatic rings. The summed E-state index contributed by atoms with van der Waals surface area (Å²) in [6.45, 7) is 0. The van der Waals surface area contributed by atoms with Crippen molar-refractivity contribution < 1.29 is 14.7 Å². The molecule has 0 saturated heterocycles. The molecule has 0 spiro atoms. The number of carbonyl (C=O) groups excluding carboxylic acids is 1. The highest BCUT2D eigenvalue weighted by molar-refractivity contribution is 9.10. The number of carboxylic acids is 1. The van der Waals surface area contributed by atoms with Crippen molar-refractivity contribution in [3.63, 3.8) is 0 Å². The molecule has 1 aromatic heterocycles. The van der Waals surface area contributed by atoms with Crippen molar-refractivity contribution in [3.05, 3.63) is 28.5 Å². The largest absolute Gasteiger partial charge is 0.481 e. The fourth-order valence-electron chi connectivity index (χ4n) is 2.33. The van der Waals surface area contributed by atoms with Gasteiger partial charge in [-0.2, -0.15) is 0 Å². The highest BCUT2D eigenvalue weighted by Gasteiger charge is 2.30. The number of halogens is 1. The van der Waals surface area contributed by atoms with Crippen LogP contribution in [-0.2, 0) is 4.79 Å². The van der Waals surface area contributed by atoms with Crippen LogP contribution in [0.15, 0.2) is 22.8 Å². The molecule has 1 N–H and O–H groups in total. The van der Waals surface area contributed by atoms with Gasteiger partial charge >= 0.3 is 5.97 Å². The standard InChI is InChI=1S/C13H14BrNO3/c14-10-5-6-11(15-7-10)12(16)8-1-3-9(4-2-8)13(17)18/h5-9H,1-4H2,(H,17,18)/t8-,9+. The maximum Gasteiger partial charge on any atom is 0.306 e. The molecule has 2 rings (SSSR count). The van der Waals surface area contributed by atoms with Gasteiger partial charge in [-0.15, -0.1) is 0 Å². The molecule has 1 fully saturated rings. The fourth-order valence-corrected chi connectivity index (χ4v) is 2.57. The van der Waals surface area contributed by atoms with Gasteiger partial charge in [0.1, 0.15) is 5.69 Å². The Morgan fingerprint density at radius 1 is 1.17 bits per heavy atom. The Morgan fingerprint density at radius 2 is 1.78 bits per heavy atom. The zero-order valence-corrected chi connectivity index (χ0v) is 11.4. The molecule has 0 aromatic carbocycles. The number of hydrogen-bond donors (Lipinski definition) is 1. The average Bonchev–Trinajstić information content (AvgIpc) is 2.39. The van der Waals surface area contributed by atoms with Crippen molar-refractivity contribution in [1.29, 1.82) is 0 Å². The van der Waals surface area contributed by atoms with E-state index < -0.39 is 5.97 Å². The number of nitrogens with zero attached hydrogens (tertiary/aromatic N) is 1. The van der Waals surface area contributed by atoms with E-state index in [-0.39, 0.29) is 17.6 Å². The smallest absolute Gasteiger partial charge is 0.306 e. The molecule has 0 aliphatic heterocycles. The minimum absolute atomic E-state index is 0.0336. The summed E-state index contributed by atoms with van der Waals surface area (Å²) >= 11 is 3.28. The molecular formula is C13H14BrNO3. The lowest BCUT2D eigenvalue weighted by atomic mass is 9.79. The van der Waals surface area contributed by atoms with Crippen LogP contribution in [0.1, 0.15) is 36.2 Å². The number of Topliss-reactive ketones (excluding diaryl/α,β-unsaturated/α-hetero) is 1. The topological polar surface area (TPSA) is 67.3 Å². The SMILES string of the molecule is O=C(O)[C@H]1CC[C@@H](C(=O)c2ccc(Br)cn2)CC1. The van der Waals surface area contributed by atoms with E-state index >= 15 is 0 Å². The first-order valence-electron chi connectivity index (χ1n) is 5.96. The molecule has 1 saturated carbocycles. The molecule has 0 bridgehead atoms. The maximum absolute atomic E-state index is 12.2. The number of ketones is 1. The summed E-state index contributed by atoms with van der Waals surface area (Å²) < 4.78 is 0.841. The van der Waals surface area contributed by atoms with E-state index in [2.05, 4.69) is 20.9 Å². The summed E-state index contributed by atoms with van der Waals surface area (Å²) in [5, 5.41) is 8.91. The minimum Gasteiger partial charge on any atom is -0.481 e. The molecule has 96 valence electrons. The second-order valence-corrected chi connectivity index (χ2v) is 5.53. The number of rotatable bonds is 3. The third kappa shape index (κ3) is 2.96. The molecule has 0 unspecified atom stereocenters. The van der Waals surface area contributed by atoms with Crippen molar-refractivity contribution in [3.8, 4) is 0 Å². The lowest BCUT2D eigenvalue weighted by Gasteiger charge is -2.24. The van der Waals surface area contributed by atoms with Gasteiger partial charge in [0, 0.05) is 16.6 Å². The molecule has 5 heteroatoms. The molecule has 4 nitrogen and oxygen atoms in total. The van der Waals surface area contributed by atoms with Gasteiger partial charge in [0.05, 0.1) is 5.92 Å². The predicted octanol–water partition coefficient (Wildman–Crippen LogP) is 2.92. The minimum atomic E-state index is -0.748. The number of aliphatic carboxylic acids is 1.